The Kier molecular flexibility index (Phi) is 7.48. The minimum absolute atomic E-state index is 0. The fraction of sp³-hybridized carbons (Fsp3) is 0.391. The van der Waals surface area contributed by atoms with Crippen LogP contribution in [-0.2, 0) is 7.05 Å². The average molecular weight is 456 g/mol. The Morgan fingerprint density at radius 2 is 1.81 bits per heavy atom. The summed E-state index contributed by atoms with van der Waals surface area (Å²) in [7, 11) is 1.76. The van der Waals surface area contributed by atoms with Crippen molar-refractivity contribution in [3.63, 3.8) is 0 Å². The summed E-state index contributed by atoms with van der Waals surface area (Å²) in [6.07, 6.45) is 5.75. The standard InChI is InChI=1S/C23H29N7O.ClH/c1-14-10-15(2)12-16(11-14)26-23-25-9-8-19(28-23)20-13-21(30(3)29-20)22(31)27-18-7-5-4-6-17(18)24;/h8-13,17-18H,4-7,24H2,1-3H3,(H,27,31)(H,25,26,28);1H/t17-,18+;/m1./s1. The molecule has 32 heavy (non-hydrogen) atoms. The molecule has 2 atom stereocenters. The fourth-order valence-electron chi connectivity index (χ4n) is 4.12. The van der Waals surface area contributed by atoms with Gasteiger partial charge in [-0.15, -0.1) is 12.4 Å². The molecule has 1 saturated carbocycles. The minimum Gasteiger partial charge on any atom is -0.346 e. The van der Waals surface area contributed by atoms with Crippen molar-refractivity contribution in [2.75, 3.05) is 5.32 Å². The molecule has 0 aliphatic heterocycles. The van der Waals surface area contributed by atoms with Gasteiger partial charge in [-0.3, -0.25) is 9.48 Å². The van der Waals surface area contributed by atoms with Crippen LogP contribution in [0, 0.1) is 13.8 Å². The van der Waals surface area contributed by atoms with Gasteiger partial charge < -0.3 is 16.4 Å². The lowest BCUT2D eigenvalue weighted by atomic mass is 9.91. The number of aryl methyl sites for hydroxylation is 3. The predicted molar refractivity (Wildman–Crippen MR) is 128 cm³/mol. The maximum absolute atomic E-state index is 12.8. The summed E-state index contributed by atoms with van der Waals surface area (Å²) in [5, 5.41) is 10.8. The highest BCUT2D eigenvalue weighted by atomic mass is 35.5. The van der Waals surface area contributed by atoms with E-state index in [2.05, 4.69) is 45.6 Å². The minimum atomic E-state index is -0.161. The van der Waals surface area contributed by atoms with Gasteiger partial charge in [-0.25, -0.2) is 9.97 Å². The van der Waals surface area contributed by atoms with E-state index in [4.69, 9.17) is 5.73 Å². The molecule has 2 aromatic heterocycles. The third-order valence-corrected chi connectivity index (χ3v) is 5.64. The number of nitrogens with two attached hydrogens (primary N) is 1. The van der Waals surface area contributed by atoms with Gasteiger partial charge in [0.1, 0.15) is 11.4 Å². The second-order valence-corrected chi connectivity index (χ2v) is 8.33. The van der Waals surface area contributed by atoms with Crippen molar-refractivity contribution in [1.29, 1.82) is 0 Å². The van der Waals surface area contributed by atoms with Crippen LogP contribution in [0.2, 0.25) is 0 Å². The number of nitrogens with one attached hydrogen (secondary N) is 2. The number of nitrogens with zero attached hydrogens (tertiary/aromatic N) is 4. The zero-order valence-electron chi connectivity index (χ0n) is 18.6. The molecule has 0 spiro atoms. The van der Waals surface area contributed by atoms with Gasteiger partial charge >= 0.3 is 0 Å². The molecule has 2 heterocycles. The number of carbonyl (C=O) groups is 1. The van der Waals surface area contributed by atoms with Crippen molar-refractivity contribution in [1.82, 2.24) is 25.1 Å². The van der Waals surface area contributed by atoms with E-state index in [0.29, 0.717) is 23.0 Å². The maximum Gasteiger partial charge on any atom is 0.269 e. The van der Waals surface area contributed by atoms with Crippen LogP contribution in [0.3, 0.4) is 0 Å². The summed E-state index contributed by atoms with van der Waals surface area (Å²) in [6, 6.07) is 9.76. The number of rotatable bonds is 5. The van der Waals surface area contributed by atoms with Crippen molar-refractivity contribution < 1.29 is 4.79 Å². The van der Waals surface area contributed by atoms with Crippen LogP contribution in [0.15, 0.2) is 36.5 Å². The monoisotopic (exact) mass is 455 g/mol. The number of anilines is 2. The van der Waals surface area contributed by atoms with Crippen LogP contribution in [-0.4, -0.2) is 37.7 Å². The molecule has 3 aromatic rings. The first-order valence-corrected chi connectivity index (χ1v) is 10.7. The molecule has 1 aromatic carbocycles. The Labute approximate surface area is 194 Å². The van der Waals surface area contributed by atoms with Crippen molar-refractivity contribution in [2.24, 2.45) is 12.8 Å². The molecule has 9 heteroatoms. The fourth-order valence-corrected chi connectivity index (χ4v) is 4.12. The molecule has 8 nitrogen and oxygen atoms in total. The van der Waals surface area contributed by atoms with E-state index in [0.717, 1.165) is 42.5 Å². The van der Waals surface area contributed by atoms with E-state index >= 15 is 0 Å². The van der Waals surface area contributed by atoms with Crippen molar-refractivity contribution in [2.45, 2.75) is 51.6 Å². The molecular weight excluding hydrogens is 426 g/mol. The third-order valence-electron chi connectivity index (χ3n) is 5.64. The van der Waals surface area contributed by atoms with Gasteiger partial charge in [-0.05, 0) is 62.1 Å². The molecule has 1 aliphatic carbocycles. The van der Waals surface area contributed by atoms with Gasteiger partial charge in [0.25, 0.3) is 5.91 Å². The zero-order chi connectivity index (χ0) is 22.0. The van der Waals surface area contributed by atoms with Gasteiger partial charge in [-0.2, -0.15) is 5.10 Å². The molecule has 0 radical (unpaired) electrons. The zero-order valence-corrected chi connectivity index (χ0v) is 19.4. The van der Waals surface area contributed by atoms with Crippen molar-refractivity contribution >= 4 is 29.9 Å². The van der Waals surface area contributed by atoms with E-state index < -0.39 is 0 Å². The largest absolute Gasteiger partial charge is 0.346 e. The highest BCUT2D eigenvalue weighted by molar-refractivity contribution is 5.93. The van der Waals surface area contributed by atoms with Crippen LogP contribution in [0.4, 0.5) is 11.6 Å². The molecule has 0 unspecified atom stereocenters. The van der Waals surface area contributed by atoms with Crippen LogP contribution in [0.1, 0.15) is 47.3 Å². The van der Waals surface area contributed by atoms with Crippen LogP contribution < -0.4 is 16.4 Å². The summed E-state index contributed by atoms with van der Waals surface area (Å²) in [5.41, 5.74) is 11.2. The highest BCUT2D eigenvalue weighted by Gasteiger charge is 2.25. The smallest absolute Gasteiger partial charge is 0.269 e. The third kappa shape index (κ3) is 5.44. The van der Waals surface area contributed by atoms with Gasteiger partial charge in [0.2, 0.25) is 5.95 Å². The maximum atomic E-state index is 12.8. The van der Waals surface area contributed by atoms with E-state index in [1.807, 2.05) is 12.1 Å². The van der Waals surface area contributed by atoms with Gasteiger partial charge in [0.15, 0.2) is 0 Å². The van der Waals surface area contributed by atoms with Gasteiger partial charge in [0.05, 0.1) is 5.69 Å². The second kappa shape index (κ2) is 10.1. The SMILES string of the molecule is Cc1cc(C)cc(Nc2nccc(-c3cc(C(=O)N[C@H]4CCCC[C@H]4N)n(C)n3)n2)c1.Cl. The predicted octanol–water partition coefficient (Wildman–Crippen LogP) is 3.66. The molecule has 4 rings (SSSR count). The summed E-state index contributed by atoms with van der Waals surface area (Å²) >= 11 is 0. The lowest BCUT2D eigenvalue weighted by Crippen LogP contribution is -2.49. The molecule has 0 saturated heterocycles. The Bertz CT molecular complexity index is 1080. The van der Waals surface area contributed by atoms with E-state index in [1.165, 1.54) is 0 Å². The number of aromatic nitrogens is 4. The molecule has 4 N–H and O–H groups in total. The quantitative estimate of drug-likeness (QED) is 0.541. The normalized spacial score (nSPS) is 18.0. The van der Waals surface area contributed by atoms with Gasteiger partial charge in [-0.1, -0.05) is 18.9 Å². The van der Waals surface area contributed by atoms with Crippen LogP contribution >= 0.6 is 12.4 Å². The van der Waals surface area contributed by atoms with Gasteiger partial charge in [0, 0.05) is 31.0 Å². The summed E-state index contributed by atoms with van der Waals surface area (Å²) < 4.78 is 1.58. The van der Waals surface area contributed by atoms with E-state index in [9.17, 15) is 4.79 Å². The molecule has 170 valence electrons. The number of carbonyl (C=O) groups excluding carboxylic acids is 1. The summed E-state index contributed by atoms with van der Waals surface area (Å²) in [5.74, 6) is 0.318. The first kappa shape index (κ1) is 23.7. The lowest BCUT2D eigenvalue weighted by Gasteiger charge is -2.29. The van der Waals surface area contributed by atoms with E-state index in [1.54, 1.807) is 30.1 Å². The first-order chi connectivity index (χ1) is 14.9. The Morgan fingerprint density at radius 3 is 2.53 bits per heavy atom. The van der Waals surface area contributed by atoms with Crippen molar-refractivity contribution in [3.8, 4) is 11.4 Å². The lowest BCUT2D eigenvalue weighted by molar-refractivity contribution is 0.0911. The molecule has 1 aliphatic rings. The molecule has 0 bridgehead atoms. The van der Waals surface area contributed by atoms with Crippen molar-refractivity contribution in [3.05, 3.63) is 53.3 Å². The second-order valence-electron chi connectivity index (χ2n) is 8.33. The number of amides is 1. The topological polar surface area (TPSA) is 111 Å². The molecule has 1 fully saturated rings. The number of halogens is 1. The summed E-state index contributed by atoms with van der Waals surface area (Å²) in [6.45, 7) is 4.10. The number of hydrogen-bond acceptors (Lipinski definition) is 6. The Balaban J connectivity index is 0.00000289. The first-order valence-electron chi connectivity index (χ1n) is 10.7. The van der Waals surface area contributed by atoms with Crippen LogP contribution in [0.5, 0.6) is 0 Å². The van der Waals surface area contributed by atoms with Crippen LogP contribution in [0.25, 0.3) is 11.4 Å². The highest BCUT2D eigenvalue weighted by Crippen LogP contribution is 2.22. The summed E-state index contributed by atoms with van der Waals surface area (Å²) in [4.78, 5) is 21.7. The number of benzene rings is 1. The Hall–Kier alpha value is -2.97. The Morgan fingerprint density at radius 1 is 1.09 bits per heavy atom. The molecule has 1 amide bonds. The molecular formula is C23H30ClN7O. The number of hydrogen-bond donors (Lipinski definition) is 3. The van der Waals surface area contributed by atoms with E-state index in [-0.39, 0.29) is 30.4 Å². The average Bonchev–Trinajstić information content (AvgIpc) is 3.11.